The third kappa shape index (κ3) is 40.6. The van der Waals surface area contributed by atoms with Gasteiger partial charge < -0.3 is 9.84 Å². The molecule has 0 amide bonds. The number of hydrogen-bond acceptors (Lipinski definition) is 2. The molecule has 0 aromatic heterocycles. The molecule has 0 saturated carbocycles. The fourth-order valence-corrected chi connectivity index (χ4v) is 0.510. The van der Waals surface area contributed by atoms with E-state index in [4.69, 9.17) is 4.74 Å². The number of rotatable bonds is 0. The van der Waals surface area contributed by atoms with Crippen molar-refractivity contribution in [2.75, 3.05) is 18.1 Å². The van der Waals surface area contributed by atoms with Crippen molar-refractivity contribution in [1.29, 1.82) is 0 Å². The Kier molecular flexibility index (Phi) is 22.7. The van der Waals surface area contributed by atoms with Gasteiger partial charge in [-0.1, -0.05) is 43.4 Å². The summed E-state index contributed by atoms with van der Waals surface area (Å²) < 4.78 is 4.94. The first-order chi connectivity index (χ1) is 5.50. The summed E-state index contributed by atoms with van der Waals surface area (Å²) in [4.78, 5) is 1.97. The summed E-state index contributed by atoms with van der Waals surface area (Å²) in [6.45, 7) is 6.90. The standard InChI is InChI=1S/C4H8O.C4H9O.CH3I.K/c1-2-4-5-3-1;1-4(2,3)5;1-2;/h1-4H2;1-3H3;1H3;/q;-1;;+1. The smallest absolute Gasteiger partial charge is 0.850 e. The molecule has 4 heteroatoms. The van der Waals surface area contributed by atoms with Crippen LogP contribution < -0.4 is 56.5 Å². The van der Waals surface area contributed by atoms with Gasteiger partial charge in [-0.15, -0.1) is 5.60 Å². The van der Waals surface area contributed by atoms with Crippen molar-refractivity contribution in [3.63, 3.8) is 0 Å². The first-order valence-corrected chi connectivity index (χ1v) is 6.32. The molecule has 0 radical (unpaired) electrons. The number of ether oxygens (including phenoxy) is 1. The summed E-state index contributed by atoms with van der Waals surface area (Å²) in [6.07, 6.45) is 2.56. The topological polar surface area (TPSA) is 32.3 Å². The molecule has 1 aliphatic heterocycles. The zero-order valence-electron chi connectivity index (χ0n) is 9.52. The van der Waals surface area contributed by atoms with Gasteiger partial charge in [-0.05, 0) is 17.8 Å². The normalized spacial score (nSPS) is 14.3. The van der Waals surface area contributed by atoms with Crippen LogP contribution in [-0.2, 0) is 4.74 Å². The van der Waals surface area contributed by atoms with Crippen LogP contribution >= 0.6 is 22.6 Å². The van der Waals surface area contributed by atoms with Crippen LogP contribution in [0.4, 0.5) is 0 Å². The van der Waals surface area contributed by atoms with Crippen molar-refractivity contribution >= 4 is 22.6 Å². The van der Waals surface area contributed by atoms with Crippen LogP contribution in [0.1, 0.15) is 33.6 Å². The van der Waals surface area contributed by atoms with Crippen LogP contribution in [0.3, 0.4) is 0 Å². The van der Waals surface area contributed by atoms with E-state index in [0.717, 1.165) is 13.2 Å². The van der Waals surface area contributed by atoms with Crippen LogP contribution in [0.5, 0.6) is 0 Å². The van der Waals surface area contributed by atoms with E-state index < -0.39 is 5.60 Å². The van der Waals surface area contributed by atoms with Crippen molar-refractivity contribution < 1.29 is 61.2 Å². The van der Waals surface area contributed by atoms with Crippen molar-refractivity contribution in [3.05, 3.63) is 0 Å². The third-order valence-electron chi connectivity index (χ3n) is 0.827. The van der Waals surface area contributed by atoms with E-state index in [9.17, 15) is 5.11 Å². The average Bonchev–Trinajstić information content (AvgIpc) is 2.41. The van der Waals surface area contributed by atoms with E-state index in [1.165, 1.54) is 12.8 Å². The van der Waals surface area contributed by atoms with Gasteiger partial charge in [0.05, 0.1) is 0 Å². The maximum atomic E-state index is 10.1. The van der Waals surface area contributed by atoms with Gasteiger partial charge in [-0.2, -0.15) is 0 Å². The second-order valence-corrected chi connectivity index (χ2v) is 3.43. The Hall–Kier alpha value is 2.29. The fourth-order valence-electron chi connectivity index (χ4n) is 0.510. The molecule has 0 spiro atoms. The summed E-state index contributed by atoms with van der Waals surface area (Å²) in [5.74, 6) is 0. The minimum Gasteiger partial charge on any atom is -0.850 e. The minimum atomic E-state index is -0.750. The van der Waals surface area contributed by atoms with Crippen LogP contribution in [-0.4, -0.2) is 23.7 Å². The molecule has 1 fully saturated rings. The summed E-state index contributed by atoms with van der Waals surface area (Å²) >= 11 is 2.15. The number of alkyl halides is 1. The van der Waals surface area contributed by atoms with E-state index in [0.29, 0.717) is 0 Å². The minimum absolute atomic E-state index is 0. The van der Waals surface area contributed by atoms with E-state index in [2.05, 4.69) is 22.6 Å². The molecule has 0 unspecified atom stereocenters. The predicted molar refractivity (Wildman–Crippen MR) is 59.8 cm³/mol. The molecule has 0 bridgehead atoms. The van der Waals surface area contributed by atoms with Gasteiger partial charge in [0.15, 0.2) is 0 Å². The van der Waals surface area contributed by atoms with E-state index in [1.807, 2.05) is 4.93 Å². The molecule has 0 aromatic carbocycles. The molecule has 1 heterocycles. The van der Waals surface area contributed by atoms with Gasteiger partial charge in [-0.25, -0.2) is 0 Å². The molecule has 0 aromatic rings. The largest absolute Gasteiger partial charge is 1.00 e. The molecule has 76 valence electrons. The molecule has 1 rings (SSSR count). The monoisotopic (exact) mass is 326 g/mol. The zero-order chi connectivity index (χ0) is 10.0. The van der Waals surface area contributed by atoms with E-state index in [1.54, 1.807) is 20.8 Å². The zero-order valence-corrected chi connectivity index (χ0v) is 14.8. The van der Waals surface area contributed by atoms with Crippen molar-refractivity contribution in [3.8, 4) is 0 Å². The van der Waals surface area contributed by atoms with Gasteiger partial charge in [0, 0.05) is 13.2 Å². The van der Waals surface area contributed by atoms with Crippen LogP contribution in [0.2, 0.25) is 0 Å². The van der Waals surface area contributed by atoms with Gasteiger partial charge in [0.1, 0.15) is 0 Å². The second-order valence-electron chi connectivity index (χ2n) is 3.43. The second kappa shape index (κ2) is 14.3. The first kappa shape index (κ1) is 20.7. The SMILES string of the molecule is C1CCOC1.CC(C)(C)[O-].CI.[K+]. The summed E-state index contributed by atoms with van der Waals surface area (Å²) in [5, 5.41) is 10.1. The molecular formula is C9H20IKO2. The Morgan fingerprint density at radius 1 is 1.08 bits per heavy atom. The summed E-state index contributed by atoms with van der Waals surface area (Å²) in [5.41, 5.74) is -0.750. The molecule has 0 atom stereocenters. The molecule has 1 aliphatic rings. The Labute approximate surface area is 139 Å². The summed E-state index contributed by atoms with van der Waals surface area (Å²) in [7, 11) is 0. The number of hydrogen-bond donors (Lipinski definition) is 0. The van der Waals surface area contributed by atoms with Gasteiger partial charge in [0.25, 0.3) is 0 Å². The Morgan fingerprint density at radius 2 is 1.31 bits per heavy atom. The molecular weight excluding hydrogens is 306 g/mol. The van der Waals surface area contributed by atoms with Gasteiger partial charge in [0.2, 0.25) is 0 Å². The van der Waals surface area contributed by atoms with Gasteiger partial charge >= 0.3 is 51.4 Å². The quantitative estimate of drug-likeness (QED) is 0.325. The van der Waals surface area contributed by atoms with Gasteiger partial charge in [-0.3, -0.25) is 0 Å². The first-order valence-electron chi connectivity index (χ1n) is 4.16. The maximum absolute atomic E-state index is 10.1. The van der Waals surface area contributed by atoms with Crippen LogP contribution in [0, 0.1) is 0 Å². The molecule has 2 nitrogen and oxygen atoms in total. The van der Waals surface area contributed by atoms with E-state index >= 15 is 0 Å². The summed E-state index contributed by atoms with van der Waals surface area (Å²) in [6, 6.07) is 0. The Morgan fingerprint density at radius 3 is 1.38 bits per heavy atom. The Balaban J connectivity index is -0.000000122. The van der Waals surface area contributed by atoms with Crippen molar-refractivity contribution in [2.24, 2.45) is 0 Å². The van der Waals surface area contributed by atoms with Crippen molar-refractivity contribution in [1.82, 2.24) is 0 Å². The van der Waals surface area contributed by atoms with E-state index in [-0.39, 0.29) is 51.4 Å². The molecule has 0 N–H and O–H groups in total. The average molecular weight is 326 g/mol. The Bertz CT molecular complexity index is 66.6. The van der Waals surface area contributed by atoms with Crippen LogP contribution in [0.15, 0.2) is 0 Å². The fraction of sp³-hybridized carbons (Fsp3) is 1.00. The molecule has 0 aliphatic carbocycles. The maximum Gasteiger partial charge on any atom is 1.00 e. The van der Waals surface area contributed by atoms with Crippen molar-refractivity contribution in [2.45, 2.75) is 39.2 Å². The molecule has 1 saturated heterocycles. The van der Waals surface area contributed by atoms with Crippen LogP contribution in [0.25, 0.3) is 0 Å². The molecule has 13 heavy (non-hydrogen) atoms. The third-order valence-corrected chi connectivity index (χ3v) is 0.827. The predicted octanol–water partition coefficient (Wildman–Crippen LogP) is -1.00. The number of halogens is 1.